The molecule has 2 aromatic carbocycles. The minimum atomic E-state index is -1.13. The molecule has 7 heteroatoms. The van der Waals surface area contributed by atoms with Gasteiger partial charge in [0.1, 0.15) is 0 Å². The number of benzene rings is 2. The van der Waals surface area contributed by atoms with Crippen molar-refractivity contribution in [1.82, 2.24) is 0 Å². The fourth-order valence-corrected chi connectivity index (χ4v) is 6.03. The van der Waals surface area contributed by atoms with Crippen LogP contribution < -0.4 is 9.47 Å². The van der Waals surface area contributed by atoms with E-state index in [4.69, 9.17) is 9.47 Å². The van der Waals surface area contributed by atoms with Crippen molar-refractivity contribution in [2.45, 2.75) is 103 Å². The van der Waals surface area contributed by atoms with Crippen LogP contribution in [0.5, 0.6) is 11.5 Å². The van der Waals surface area contributed by atoms with Crippen molar-refractivity contribution >= 4 is 5.97 Å². The fourth-order valence-electron chi connectivity index (χ4n) is 6.03. The summed E-state index contributed by atoms with van der Waals surface area (Å²) < 4.78 is 69.9. The van der Waals surface area contributed by atoms with Gasteiger partial charge in [0.25, 0.3) is 0 Å². The second-order valence-corrected chi connectivity index (χ2v) is 11.4. The van der Waals surface area contributed by atoms with Gasteiger partial charge in [-0.25, -0.2) is 8.78 Å². The van der Waals surface area contributed by atoms with Gasteiger partial charge in [-0.05, 0) is 86.0 Å². The fraction of sp³-hybridized carbons (Fsp3) is 0.594. The molecule has 0 radical (unpaired) electrons. The van der Waals surface area contributed by atoms with E-state index in [1.54, 1.807) is 6.07 Å². The molecule has 39 heavy (non-hydrogen) atoms. The molecule has 0 unspecified atom stereocenters. The molecule has 0 aliphatic heterocycles. The molecule has 0 aromatic heterocycles. The molecule has 0 saturated heterocycles. The zero-order valence-corrected chi connectivity index (χ0v) is 23.0. The SMILES string of the molecule is CCCCCCOc1ccc(C2CCC(C(=O)Oc3ccc(C4CCC(C)CC4)c(F)c3F)CC2)c(F)c1F. The number of halogens is 4. The lowest BCUT2D eigenvalue weighted by Gasteiger charge is -2.28. The first-order valence-corrected chi connectivity index (χ1v) is 14.6. The van der Waals surface area contributed by atoms with Crippen LogP contribution in [0.25, 0.3) is 0 Å². The number of hydrogen-bond acceptors (Lipinski definition) is 3. The van der Waals surface area contributed by atoms with Crippen molar-refractivity contribution in [3.63, 3.8) is 0 Å². The van der Waals surface area contributed by atoms with Crippen molar-refractivity contribution < 1.29 is 31.8 Å². The zero-order chi connectivity index (χ0) is 27.9. The van der Waals surface area contributed by atoms with Gasteiger partial charge in [-0.2, -0.15) is 8.78 Å². The first kappa shape index (κ1) is 29.4. The molecular weight excluding hydrogens is 508 g/mol. The summed E-state index contributed by atoms with van der Waals surface area (Å²) >= 11 is 0. The van der Waals surface area contributed by atoms with Crippen molar-refractivity contribution in [3.8, 4) is 11.5 Å². The number of rotatable bonds is 10. The Hall–Kier alpha value is -2.57. The Morgan fingerprint density at radius 3 is 1.85 bits per heavy atom. The van der Waals surface area contributed by atoms with Gasteiger partial charge >= 0.3 is 5.97 Å². The minimum Gasteiger partial charge on any atom is -0.490 e. The molecule has 2 aliphatic rings. The average Bonchev–Trinajstić information content (AvgIpc) is 2.94. The van der Waals surface area contributed by atoms with Crippen molar-refractivity contribution in [1.29, 1.82) is 0 Å². The standard InChI is InChI=1S/C32H40F4O3/c1-3-4-5-6-19-38-26-17-15-24(28(33)30(26)35)22-11-13-23(14-12-22)32(37)39-27-18-16-25(29(34)31(27)36)21-9-7-20(2)8-10-21/h15-18,20-23H,3-14,19H2,1-2H3. The summed E-state index contributed by atoms with van der Waals surface area (Å²) in [6.45, 7) is 4.61. The van der Waals surface area contributed by atoms with E-state index in [-0.39, 0.29) is 23.1 Å². The highest BCUT2D eigenvalue weighted by Crippen LogP contribution is 2.41. The molecule has 0 atom stereocenters. The maximum atomic E-state index is 14.9. The summed E-state index contributed by atoms with van der Waals surface area (Å²) in [4.78, 5) is 12.8. The van der Waals surface area contributed by atoms with Gasteiger partial charge in [0, 0.05) is 0 Å². The van der Waals surface area contributed by atoms with Crippen LogP contribution in [-0.4, -0.2) is 12.6 Å². The predicted molar refractivity (Wildman–Crippen MR) is 143 cm³/mol. The number of carbonyl (C=O) groups is 1. The minimum absolute atomic E-state index is 0.0209. The summed E-state index contributed by atoms with van der Waals surface area (Å²) in [5.41, 5.74) is 0.625. The molecule has 0 bridgehead atoms. The first-order valence-electron chi connectivity index (χ1n) is 14.6. The third kappa shape index (κ3) is 7.15. The highest BCUT2D eigenvalue weighted by atomic mass is 19.2. The molecule has 3 nitrogen and oxygen atoms in total. The molecule has 214 valence electrons. The summed E-state index contributed by atoms with van der Waals surface area (Å²) in [6, 6.07) is 5.92. The van der Waals surface area contributed by atoms with Crippen LogP contribution in [0.4, 0.5) is 17.6 Å². The third-order valence-electron chi connectivity index (χ3n) is 8.58. The van der Waals surface area contributed by atoms with Crippen LogP contribution in [0.1, 0.15) is 114 Å². The molecule has 4 rings (SSSR count). The van der Waals surface area contributed by atoms with Gasteiger partial charge in [0.2, 0.25) is 11.6 Å². The van der Waals surface area contributed by atoms with E-state index in [0.717, 1.165) is 51.4 Å². The third-order valence-corrected chi connectivity index (χ3v) is 8.58. The van der Waals surface area contributed by atoms with Crippen molar-refractivity contribution in [2.75, 3.05) is 6.61 Å². The zero-order valence-electron chi connectivity index (χ0n) is 23.0. The lowest BCUT2D eigenvalue weighted by Crippen LogP contribution is -2.26. The Bertz CT molecular complexity index is 1120. The molecule has 2 saturated carbocycles. The van der Waals surface area contributed by atoms with E-state index in [2.05, 4.69) is 13.8 Å². The molecule has 2 fully saturated rings. The molecular formula is C32H40F4O3. The largest absolute Gasteiger partial charge is 0.490 e. The Balaban J connectivity index is 1.31. The van der Waals surface area contributed by atoms with Gasteiger partial charge in [0.05, 0.1) is 12.5 Å². The normalized spacial score (nSPS) is 23.4. The Kier molecular flexibility index (Phi) is 10.3. The van der Waals surface area contributed by atoms with Gasteiger partial charge in [-0.1, -0.05) is 58.1 Å². The average molecular weight is 549 g/mol. The second-order valence-electron chi connectivity index (χ2n) is 11.4. The Morgan fingerprint density at radius 2 is 1.26 bits per heavy atom. The highest BCUT2D eigenvalue weighted by molar-refractivity contribution is 5.75. The van der Waals surface area contributed by atoms with Crippen LogP contribution in [0.15, 0.2) is 24.3 Å². The van der Waals surface area contributed by atoms with Crippen LogP contribution in [0.2, 0.25) is 0 Å². The predicted octanol–water partition coefficient (Wildman–Crippen LogP) is 9.38. The van der Waals surface area contributed by atoms with Gasteiger partial charge < -0.3 is 9.47 Å². The smallest absolute Gasteiger partial charge is 0.314 e. The summed E-state index contributed by atoms with van der Waals surface area (Å²) in [5, 5.41) is 0. The van der Waals surface area contributed by atoms with Gasteiger partial charge in [-0.3, -0.25) is 4.79 Å². The summed E-state index contributed by atoms with van der Waals surface area (Å²) in [6.07, 6.45) is 9.25. The molecule has 0 spiro atoms. The van der Waals surface area contributed by atoms with E-state index < -0.39 is 40.9 Å². The Labute approximate surface area is 229 Å². The summed E-state index contributed by atoms with van der Waals surface area (Å²) in [5.74, 6) is -5.22. The van der Waals surface area contributed by atoms with Crippen LogP contribution >= 0.6 is 0 Å². The number of ether oxygens (including phenoxy) is 2. The van der Waals surface area contributed by atoms with E-state index in [0.29, 0.717) is 43.8 Å². The molecule has 0 amide bonds. The topological polar surface area (TPSA) is 35.5 Å². The number of carbonyl (C=O) groups excluding carboxylic acids is 1. The number of unbranched alkanes of at least 4 members (excludes halogenated alkanes) is 3. The quantitative estimate of drug-likeness (QED) is 0.128. The van der Waals surface area contributed by atoms with Gasteiger partial charge in [0.15, 0.2) is 23.1 Å². The molecule has 2 aromatic rings. The number of esters is 1. The molecule has 2 aliphatic carbocycles. The van der Waals surface area contributed by atoms with Gasteiger partial charge in [-0.15, -0.1) is 0 Å². The molecule has 0 heterocycles. The first-order chi connectivity index (χ1) is 18.8. The van der Waals surface area contributed by atoms with Crippen LogP contribution in [0, 0.1) is 35.1 Å². The van der Waals surface area contributed by atoms with Crippen LogP contribution in [0.3, 0.4) is 0 Å². The highest BCUT2D eigenvalue weighted by Gasteiger charge is 2.32. The monoisotopic (exact) mass is 548 g/mol. The summed E-state index contributed by atoms with van der Waals surface area (Å²) in [7, 11) is 0. The number of hydrogen-bond donors (Lipinski definition) is 0. The van der Waals surface area contributed by atoms with E-state index in [9.17, 15) is 22.4 Å². The second kappa shape index (κ2) is 13.7. The lowest BCUT2D eigenvalue weighted by atomic mass is 9.78. The maximum Gasteiger partial charge on any atom is 0.314 e. The van der Waals surface area contributed by atoms with E-state index in [1.807, 2.05) is 0 Å². The van der Waals surface area contributed by atoms with Crippen molar-refractivity contribution in [3.05, 3.63) is 58.7 Å². The maximum absolute atomic E-state index is 14.9. The molecule has 0 N–H and O–H groups in total. The lowest BCUT2D eigenvalue weighted by molar-refractivity contribution is -0.140. The van der Waals surface area contributed by atoms with Crippen molar-refractivity contribution in [2.24, 2.45) is 11.8 Å². The van der Waals surface area contributed by atoms with E-state index >= 15 is 0 Å². The van der Waals surface area contributed by atoms with Crippen LogP contribution in [-0.2, 0) is 4.79 Å². The Morgan fingerprint density at radius 1 is 0.718 bits per heavy atom. The van der Waals surface area contributed by atoms with E-state index in [1.165, 1.54) is 18.2 Å².